The number of furan rings is 1. The maximum absolute atomic E-state index is 12.7. The van der Waals surface area contributed by atoms with E-state index in [1.54, 1.807) is 0 Å². The lowest BCUT2D eigenvalue weighted by molar-refractivity contribution is 0.0414. The van der Waals surface area contributed by atoms with Crippen molar-refractivity contribution in [2.75, 3.05) is 13.2 Å². The Morgan fingerprint density at radius 1 is 0.800 bits per heavy atom. The van der Waals surface area contributed by atoms with Crippen LogP contribution in [0.5, 0.6) is 11.5 Å². The molecule has 152 valence electrons. The zero-order valence-corrected chi connectivity index (χ0v) is 16.7. The minimum Gasteiger partial charge on any atom is -0.490 e. The summed E-state index contributed by atoms with van der Waals surface area (Å²) in [6.45, 7) is 2.58. The van der Waals surface area contributed by atoms with Crippen LogP contribution in [-0.2, 0) is 11.3 Å². The smallest absolute Gasteiger partial charge is 0.374 e. The molecule has 5 nitrogen and oxygen atoms in total. The predicted molar refractivity (Wildman–Crippen MR) is 114 cm³/mol. The first kappa shape index (κ1) is 19.6. The van der Waals surface area contributed by atoms with Crippen molar-refractivity contribution in [1.29, 1.82) is 0 Å². The van der Waals surface area contributed by atoms with Crippen LogP contribution >= 0.6 is 0 Å². The molecule has 1 aromatic heterocycles. The van der Waals surface area contributed by atoms with Crippen LogP contribution in [0.25, 0.3) is 11.0 Å². The predicted octanol–water partition coefficient (Wildman–Crippen LogP) is 5.56. The fraction of sp³-hybridized carbons (Fsp3) is 0.160. The van der Waals surface area contributed by atoms with Crippen molar-refractivity contribution in [2.24, 2.45) is 0 Å². The van der Waals surface area contributed by atoms with Crippen molar-refractivity contribution >= 4 is 16.9 Å². The zero-order valence-electron chi connectivity index (χ0n) is 16.7. The number of ether oxygens (including phenoxy) is 3. The highest BCUT2D eigenvalue weighted by Gasteiger charge is 2.22. The second-order valence-electron chi connectivity index (χ2n) is 6.81. The van der Waals surface area contributed by atoms with Gasteiger partial charge in [-0.25, -0.2) is 4.79 Å². The second-order valence-corrected chi connectivity index (χ2v) is 6.81. The maximum Gasteiger partial charge on any atom is 0.374 e. The van der Waals surface area contributed by atoms with Gasteiger partial charge in [0.05, 0.1) is 5.56 Å². The molecule has 0 amide bonds. The summed E-state index contributed by atoms with van der Waals surface area (Å²) in [6.07, 6.45) is 0. The standard InChI is InChI=1S/C25H22O5/c1-18-11-13-20(14-12-18)27-15-16-28-25(26)24-22(17-29-19-7-3-2-4-8-19)21-9-5-6-10-23(21)30-24/h2-14H,15-17H2,1H3. The number of benzene rings is 3. The number of carbonyl (C=O) groups is 1. The lowest BCUT2D eigenvalue weighted by atomic mass is 10.1. The van der Waals surface area contributed by atoms with Gasteiger partial charge in [-0.1, -0.05) is 54.1 Å². The summed E-state index contributed by atoms with van der Waals surface area (Å²) in [6, 6.07) is 24.6. The molecule has 0 unspecified atom stereocenters. The molecule has 0 aliphatic carbocycles. The second kappa shape index (κ2) is 9.18. The Bertz CT molecular complexity index is 1110. The summed E-state index contributed by atoms with van der Waals surface area (Å²) in [5.74, 6) is 1.07. The number of fused-ring (bicyclic) bond motifs is 1. The van der Waals surface area contributed by atoms with Gasteiger partial charge >= 0.3 is 5.97 Å². The molecule has 4 rings (SSSR count). The van der Waals surface area contributed by atoms with Crippen LogP contribution in [0.15, 0.2) is 83.3 Å². The van der Waals surface area contributed by atoms with E-state index in [1.165, 1.54) is 0 Å². The van der Waals surface area contributed by atoms with E-state index in [4.69, 9.17) is 18.6 Å². The fourth-order valence-electron chi connectivity index (χ4n) is 3.07. The van der Waals surface area contributed by atoms with Gasteiger partial charge in [0.2, 0.25) is 5.76 Å². The molecule has 0 N–H and O–H groups in total. The lowest BCUT2D eigenvalue weighted by Gasteiger charge is -2.08. The summed E-state index contributed by atoms with van der Waals surface area (Å²) in [5.41, 5.74) is 2.44. The molecule has 0 aliphatic rings. The molecule has 5 heteroatoms. The zero-order chi connectivity index (χ0) is 20.8. The first-order valence-corrected chi connectivity index (χ1v) is 9.75. The molecule has 0 radical (unpaired) electrons. The van der Waals surface area contributed by atoms with E-state index in [-0.39, 0.29) is 25.6 Å². The van der Waals surface area contributed by atoms with Gasteiger partial charge in [0.1, 0.15) is 36.9 Å². The van der Waals surface area contributed by atoms with E-state index < -0.39 is 5.97 Å². The van der Waals surface area contributed by atoms with Crippen LogP contribution in [0, 0.1) is 6.92 Å². The Morgan fingerprint density at radius 2 is 1.50 bits per heavy atom. The summed E-state index contributed by atoms with van der Waals surface area (Å²) in [4.78, 5) is 12.7. The molecule has 0 bridgehead atoms. The number of hydrogen-bond donors (Lipinski definition) is 0. The lowest BCUT2D eigenvalue weighted by Crippen LogP contribution is -2.13. The molecule has 0 fully saturated rings. The summed E-state index contributed by atoms with van der Waals surface area (Å²) in [7, 11) is 0. The van der Waals surface area contributed by atoms with E-state index in [1.807, 2.05) is 85.8 Å². The van der Waals surface area contributed by atoms with Crippen LogP contribution < -0.4 is 9.47 Å². The Morgan fingerprint density at radius 3 is 2.30 bits per heavy atom. The van der Waals surface area contributed by atoms with Gasteiger partial charge in [-0.2, -0.15) is 0 Å². The summed E-state index contributed by atoms with van der Waals surface area (Å²) < 4.78 is 22.6. The van der Waals surface area contributed by atoms with Crippen LogP contribution in [0.2, 0.25) is 0 Å². The van der Waals surface area contributed by atoms with E-state index in [0.717, 1.165) is 16.7 Å². The molecule has 3 aromatic carbocycles. The number of rotatable bonds is 8. The molecular weight excluding hydrogens is 380 g/mol. The number of esters is 1. The summed E-state index contributed by atoms with van der Waals surface area (Å²) in [5, 5.41) is 0.830. The largest absolute Gasteiger partial charge is 0.490 e. The van der Waals surface area contributed by atoms with E-state index in [0.29, 0.717) is 16.9 Å². The maximum atomic E-state index is 12.7. The normalized spacial score (nSPS) is 10.7. The third kappa shape index (κ3) is 4.63. The first-order valence-electron chi connectivity index (χ1n) is 9.75. The van der Waals surface area contributed by atoms with Crippen LogP contribution in [0.3, 0.4) is 0 Å². The van der Waals surface area contributed by atoms with Crippen molar-refractivity contribution < 1.29 is 23.4 Å². The van der Waals surface area contributed by atoms with Gasteiger partial charge in [-0.15, -0.1) is 0 Å². The van der Waals surface area contributed by atoms with Crippen molar-refractivity contribution in [3.05, 3.63) is 95.7 Å². The van der Waals surface area contributed by atoms with E-state index in [9.17, 15) is 4.79 Å². The van der Waals surface area contributed by atoms with Gasteiger partial charge < -0.3 is 18.6 Å². The minimum atomic E-state index is -0.537. The molecule has 0 aliphatic heterocycles. The van der Waals surface area contributed by atoms with Crippen molar-refractivity contribution in [2.45, 2.75) is 13.5 Å². The van der Waals surface area contributed by atoms with Crippen LogP contribution in [-0.4, -0.2) is 19.2 Å². The van der Waals surface area contributed by atoms with Crippen molar-refractivity contribution in [1.82, 2.24) is 0 Å². The van der Waals surface area contributed by atoms with E-state index in [2.05, 4.69) is 0 Å². The summed E-state index contributed by atoms with van der Waals surface area (Å²) >= 11 is 0. The minimum absolute atomic E-state index is 0.114. The van der Waals surface area contributed by atoms with Crippen molar-refractivity contribution in [3.8, 4) is 11.5 Å². The molecule has 0 saturated carbocycles. The highest BCUT2D eigenvalue weighted by Crippen LogP contribution is 2.28. The molecule has 0 saturated heterocycles. The Balaban J connectivity index is 1.42. The first-order chi connectivity index (χ1) is 14.7. The molecule has 1 heterocycles. The molecule has 4 aromatic rings. The molecule has 0 spiro atoms. The highest BCUT2D eigenvalue weighted by molar-refractivity contribution is 5.96. The van der Waals surface area contributed by atoms with Crippen molar-refractivity contribution in [3.63, 3.8) is 0 Å². The molecule has 30 heavy (non-hydrogen) atoms. The monoisotopic (exact) mass is 402 g/mol. The fourth-order valence-corrected chi connectivity index (χ4v) is 3.07. The van der Waals surface area contributed by atoms with Crippen LogP contribution in [0.4, 0.5) is 0 Å². The van der Waals surface area contributed by atoms with Gasteiger partial charge in [0.15, 0.2) is 0 Å². The van der Waals surface area contributed by atoms with Gasteiger partial charge in [-0.3, -0.25) is 0 Å². The Labute approximate surface area is 174 Å². The highest BCUT2D eigenvalue weighted by atomic mass is 16.6. The topological polar surface area (TPSA) is 57.9 Å². The molecule has 0 atom stereocenters. The number of carbonyl (C=O) groups excluding carboxylic acids is 1. The van der Waals surface area contributed by atoms with E-state index >= 15 is 0 Å². The van der Waals surface area contributed by atoms with Gasteiger partial charge in [0, 0.05) is 5.39 Å². The third-order valence-corrected chi connectivity index (χ3v) is 4.62. The average molecular weight is 402 g/mol. The number of aryl methyl sites for hydroxylation is 1. The Kier molecular flexibility index (Phi) is 5.99. The quantitative estimate of drug-likeness (QED) is 0.285. The number of hydrogen-bond acceptors (Lipinski definition) is 5. The molecular formula is C25H22O5. The van der Waals surface area contributed by atoms with Gasteiger partial charge in [-0.05, 0) is 37.3 Å². The number of para-hydroxylation sites is 2. The third-order valence-electron chi connectivity index (χ3n) is 4.62. The SMILES string of the molecule is Cc1ccc(OCCOC(=O)c2oc3ccccc3c2COc2ccccc2)cc1. The average Bonchev–Trinajstić information content (AvgIpc) is 3.16. The van der Waals surface area contributed by atoms with Crippen LogP contribution in [0.1, 0.15) is 21.7 Å². The van der Waals surface area contributed by atoms with Gasteiger partial charge in [0.25, 0.3) is 0 Å². The Hall–Kier alpha value is -3.73.